The number of hydrogen-bond acceptors (Lipinski definition) is 3. The highest BCUT2D eigenvalue weighted by molar-refractivity contribution is 7.98. The van der Waals surface area contributed by atoms with Gasteiger partial charge >= 0.3 is 0 Å². The van der Waals surface area contributed by atoms with E-state index in [9.17, 15) is 9.18 Å². The van der Waals surface area contributed by atoms with Gasteiger partial charge in [-0.05, 0) is 17.7 Å². The summed E-state index contributed by atoms with van der Waals surface area (Å²) in [5.41, 5.74) is 1.09. The Morgan fingerprint density at radius 3 is 2.67 bits per heavy atom. The molecule has 0 amide bonds. The zero-order chi connectivity index (χ0) is 15.2. The van der Waals surface area contributed by atoms with E-state index in [0.717, 1.165) is 5.56 Å². The van der Waals surface area contributed by atoms with Gasteiger partial charge in [-0.1, -0.05) is 41.9 Å². The molecule has 0 radical (unpaired) electrons. The van der Waals surface area contributed by atoms with E-state index in [1.165, 1.54) is 31.0 Å². The lowest BCUT2D eigenvalue weighted by molar-refractivity contribution is 0.367. The van der Waals surface area contributed by atoms with Gasteiger partial charge < -0.3 is 4.74 Å². The van der Waals surface area contributed by atoms with Gasteiger partial charge in [-0.15, -0.1) is 11.8 Å². The van der Waals surface area contributed by atoms with Crippen molar-refractivity contribution in [2.75, 3.05) is 7.11 Å². The van der Waals surface area contributed by atoms with E-state index in [1.54, 1.807) is 5.94 Å². The van der Waals surface area contributed by atoms with E-state index in [4.69, 9.17) is 16.3 Å². The number of carbonyl (C=O) groups excluding carboxylic acids is 1. The van der Waals surface area contributed by atoms with Gasteiger partial charge in [-0.2, -0.15) is 0 Å². The minimum absolute atomic E-state index is 0.0237. The Bertz CT molecular complexity index is 682. The fourth-order valence-electron chi connectivity index (χ4n) is 1.78. The Morgan fingerprint density at radius 1 is 1.33 bits per heavy atom. The van der Waals surface area contributed by atoms with Crippen LogP contribution in [0.2, 0.25) is 5.02 Å². The summed E-state index contributed by atoms with van der Waals surface area (Å²) >= 11 is 7.29. The van der Waals surface area contributed by atoms with Crippen LogP contribution in [0.4, 0.5) is 4.39 Å². The first kappa shape index (κ1) is 15.6. The van der Waals surface area contributed by atoms with E-state index < -0.39 is 5.82 Å². The van der Waals surface area contributed by atoms with Crippen LogP contribution < -0.4 is 0 Å². The summed E-state index contributed by atoms with van der Waals surface area (Å²) in [4.78, 5) is 11.2. The van der Waals surface area contributed by atoms with Crippen molar-refractivity contribution in [3.63, 3.8) is 0 Å². The summed E-state index contributed by atoms with van der Waals surface area (Å²) in [7, 11) is 1.29. The van der Waals surface area contributed by atoms with Crippen molar-refractivity contribution in [2.24, 2.45) is 0 Å². The monoisotopic (exact) mass is 322 g/mol. The fourth-order valence-corrected chi connectivity index (χ4v) is 3.02. The average Bonchev–Trinajstić information content (AvgIpc) is 2.51. The second-order valence-corrected chi connectivity index (χ2v) is 5.63. The number of rotatable bonds is 5. The fraction of sp³-hybridized carbons (Fsp3) is 0.125. The zero-order valence-corrected chi connectivity index (χ0v) is 12.8. The molecule has 5 heteroatoms. The van der Waals surface area contributed by atoms with Crippen LogP contribution in [0.3, 0.4) is 0 Å². The molecule has 0 saturated carbocycles. The smallest absolute Gasteiger partial charge is 0.213 e. The van der Waals surface area contributed by atoms with Crippen LogP contribution in [0.1, 0.15) is 11.1 Å². The third-order valence-corrected chi connectivity index (χ3v) is 4.09. The molecule has 108 valence electrons. The maximum atomic E-state index is 14.4. The Morgan fingerprint density at radius 2 is 2.05 bits per heavy atom. The predicted octanol–water partition coefficient (Wildman–Crippen LogP) is 4.59. The van der Waals surface area contributed by atoms with Crippen molar-refractivity contribution in [3.05, 3.63) is 64.4 Å². The van der Waals surface area contributed by atoms with Gasteiger partial charge in [0.15, 0.2) is 5.94 Å². The zero-order valence-electron chi connectivity index (χ0n) is 11.2. The molecule has 0 saturated heterocycles. The molecule has 0 unspecified atom stereocenters. The maximum absolute atomic E-state index is 14.4. The number of halogens is 2. The van der Waals surface area contributed by atoms with Crippen molar-refractivity contribution in [2.45, 2.75) is 10.6 Å². The summed E-state index contributed by atoms with van der Waals surface area (Å²) in [6, 6.07) is 12.6. The Hall–Kier alpha value is -1.74. The van der Waals surface area contributed by atoms with Crippen molar-refractivity contribution < 1.29 is 13.9 Å². The van der Waals surface area contributed by atoms with E-state index >= 15 is 0 Å². The standard InChI is InChI=1S/C16H12ClFO2S/c1-20-14(9-19)13-7-12(17)8-15(16(13)18)21-10-11-5-3-2-4-6-11/h2-8H,10H2,1H3. The third kappa shape index (κ3) is 3.88. The molecule has 0 bridgehead atoms. The Kier molecular flexibility index (Phi) is 5.45. The van der Waals surface area contributed by atoms with E-state index in [0.29, 0.717) is 15.7 Å². The molecular weight excluding hydrogens is 311 g/mol. The van der Waals surface area contributed by atoms with Crippen LogP contribution >= 0.6 is 23.4 Å². The van der Waals surface area contributed by atoms with Crippen molar-refractivity contribution in [1.29, 1.82) is 0 Å². The summed E-state index contributed by atoms with van der Waals surface area (Å²) in [6.07, 6.45) is 0. The largest absolute Gasteiger partial charge is 0.486 e. The summed E-state index contributed by atoms with van der Waals surface area (Å²) in [5, 5.41) is 0.340. The second kappa shape index (κ2) is 7.32. The van der Waals surface area contributed by atoms with Gasteiger partial charge in [0.1, 0.15) is 5.82 Å². The molecule has 2 nitrogen and oxygen atoms in total. The second-order valence-electron chi connectivity index (χ2n) is 4.18. The summed E-state index contributed by atoms with van der Waals surface area (Å²) in [6.45, 7) is 0. The first-order valence-electron chi connectivity index (χ1n) is 6.11. The van der Waals surface area contributed by atoms with Crippen LogP contribution in [-0.2, 0) is 15.3 Å². The van der Waals surface area contributed by atoms with Gasteiger partial charge in [0.2, 0.25) is 5.76 Å². The van der Waals surface area contributed by atoms with Crippen LogP contribution in [0.5, 0.6) is 0 Å². The minimum Gasteiger partial charge on any atom is -0.486 e. The molecule has 2 rings (SSSR count). The normalized spacial score (nSPS) is 10.0. The number of thioether (sulfide) groups is 1. The molecule has 0 fully saturated rings. The predicted molar refractivity (Wildman–Crippen MR) is 83.5 cm³/mol. The van der Waals surface area contributed by atoms with Gasteiger partial charge in [-0.3, -0.25) is 0 Å². The molecule has 0 atom stereocenters. The number of benzene rings is 2. The molecule has 0 aliphatic carbocycles. The Labute approximate surface area is 131 Å². The lowest BCUT2D eigenvalue weighted by Crippen LogP contribution is -1.96. The van der Waals surface area contributed by atoms with E-state index in [1.807, 2.05) is 30.3 Å². The van der Waals surface area contributed by atoms with Gasteiger partial charge in [0.05, 0.1) is 12.7 Å². The van der Waals surface area contributed by atoms with Gasteiger partial charge in [-0.25, -0.2) is 9.18 Å². The molecule has 0 aliphatic rings. The van der Waals surface area contributed by atoms with Crippen molar-refractivity contribution in [3.8, 4) is 0 Å². The Balaban J connectivity index is 2.30. The SMILES string of the molecule is COC(=C=O)c1cc(Cl)cc(SCc2ccccc2)c1F. The van der Waals surface area contributed by atoms with Crippen molar-refractivity contribution >= 4 is 35.1 Å². The number of methoxy groups -OCH3 is 1. The molecule has 0 N–H and O–H groups in total. The lowest BCUT2D eigenvalue weighted by atomic mass is 10.2. The summed E-state index contributed by atoms with van der Waals surface area (Å²) in [5.74, 6) is 1.45. The van der Waals surface area contributed by atoms with E-state index in [-0.39, 0.29) is 11.3 Å². The topological polar surface area (TPSA) is 26.3 Å². The first-order valence-corrected chi connectivity index (χ1v) is 7.47. The lowest BCUT2D eigenvalue weighted by Gasteiger charge is -2.09. The van der Waals surface area contributed by atoms with Gasteiger partial charge in [0.25, 0.3) is 0 Å². The van der Waals surface area contributed by atoms with Crippen LogP contribution in [0, 0.1) is 5.82 Å². The minimum atomic E-state index is -0.527. The van der Waals surface area contributed by atoms with Crippen LogP contribution in [-0.4, -0.2) is 13.1 Å². The quantitative estimate of drug-likeness (QED) is 0.457. The molecule has 0 heterocycles. The molecule has 0 aliphatic heterocycles. The molecule has 2 aromatic rings. The maximum Gasteiger partial charge on any atom is 0.213 e. The third-order valence-electron chi connectivity index (χ3n) is 2.78. The average molecular weight is 323 g/mol. The highest BCUT2D eigenvalue weighted by Gasteiger charge is 2.16. The highest BCUT2D eigenvalue weighted by atomic mass is 35.5. The highest BCUT2D eigenvalue weighted by Crippen LogP contribution is 2.32. The molecule has 0 aromatic heterocycles. The molecular formula is C16H12ClFO2S. The molecule has 21 heavy (non-hydrogen) atoms. The van der Waals surface area contributed by atoms with Gasteiger partial charge in [0, 0.05) is 15.7 Å². The van der Waals surface area contributed by atoms with Crippen LogP contribution in [0.15, 0.2) is 47.4 Å². The van der Waals surface area contributed by atoms with Crippen molar-refractivity contribution in [1.82, 2.24) is 0 Å². The summed E-state index contributed by atoms with van der Waals surface area (Å²) < 4.78 is 19.2. The first-order chi connectivity index (χ1) is 10.2. The van der Waals surface area contributed by atoms with E-state index in [2.05, 4.69) is 0 Å². The number of hydrogen-bond donors (Lipinski definition) is 0. The molecule has 2 aromatic carbocycles. The molecule has 0 spiro atoms. The van der Waals surface area contributed by atoms with Crippen LogP contribution in [0.25, 0.3) is 5.76 Å². The number of ether oxygens (including phenoxy) is 1.